The van der Waals surface area contributed by atoms with E-state index in [1.807, 2.05) is 31.2 Å². The van der Waals surface area contributed by atoms with Gasteiger partial charge in [0.25, 0.3) is 11.8 Å². The first-order chi connectivity index (χ1) is 15.5. The average Bonchev–Trinajstić information content (AvgIpc) is 3.46. The third-order valence-corrected chi connectivity index (χ3v) is 5.50. The molecule has 0 radical (unpaired) electrons. The van der Waals surface area contributed by atoms with Crippen LogP contribution in [0.4, 0.5) is 5.69 Å². The SMILES string of the molecule is CCn1ncc(NC(=O)c2ccc(COc3ccc(Br)cc3)o2)c1C(=O)N1CCOCC1. The number of ether oxygens (including phenoxy) is 2. The quantitative estimate of drug-likeness (QED) is 0.530. The Hall–Kier alpha value is -3.11. The number of morpholine rings is 1. The van der Waals surface area contributed by atoms with Crippen molar-refractivity contribution in [3.05, 3.63) is 64.3 Å². The van der Waals surface area contributed by atoms with Crippen LogP contribution >= 0.6 is 15.9 Å². The summed E-state index contributed by atoms with van der Waals surface area (Å²) in [6.07, 6.45) is 1.48. The predicted octanol–water partition coefficient (Wildman–Crippen LogP) is 3.56. The van der Waals surface area contributed by atoms with Crippen molar-refractivity contribution in [3.8, 4) is 5.75 Å². The lowest BCUT2D eigenvalue weighted by atomic mass is 10.2. The third-order valence-electron chi connectivity index (χ3n) is 4.97. The maximum Gasteiger partial charge on any atom is 0.291 e. The van der Waals surface area contributed by atoms with E-state index in [4.69, 9.17) is 13.9 Å². The molecule has 32 heavy (non-hydrogen) atoms. The van der Waals surface area contributed by atoms with E-state index in [-0.39, 0.29) is 18.3 Å². The van der Waals surface area contributed by atoms with Crippen LogP contribution < -0.4 is 10.1 Å². The van der Waals surface area contributed by atoms with Crippen LogP contribution in [0.15, 0.2) is 51.5 Å². The number of amides is 2. The molecule has 3 heterocycles. The third kappa shape index (κ3) is 5.03. The van der Waals surface area contributed by atoms with E-state index in [2.05, 4.69) is 26.3 Å². The zero-order valence-corrected chi connectivity index (χ0v) is 19.1. The van der Waals surface area contributed by atoms with Gasteiger partial charge in [-0.3, -0.25) is 14.3 Å². The Morgan fingerprint density at radius 2 is 1.91 bits per heavy atom. The molecule has 0 atom stereocenters. The Bertz CT molecular complexity index is 1090. The molecule has 1 fully saturated rings. The Morgan fingerprint density at radius 1 is 1.16 bits per heavy atom. The van der Waals surface area contributed by atoms with Gasteiger partial charge in [0.15, 0.2) is 5.76 Å². The number of carbonyl (C=O) groups excluding carboxylic acids is 2. The molecular formula is C22H23BrN4O5. The van der Waals surface area contributed by atoms with Crippen LogP contribution in [-0.4, -0.2) is 52.8 Å². The molecule has 2 aromatic heterocycles. The zero-order valence-electron chi connectivity index (χ0n) is 17.5. The minimum absolute atomic E-state index is 0.119. The monoisotopic (exact) mass is 502 g/mol. The van der Waals surface area contributed by atoms with Gasteiger partial charge < -0.3 is 24.1 Å². The summed E-state index contributed by atoms with van der Waals surface area (Å²) in [7, 11) is 0. The number of nitrogens with zero attached hydrogens (tertiary/aromatic N) is 3. The minimum atomic E-state index is -0.466. The van der Waals surface area contributed by atoms with Crippen LogP contribution in [0.1, 0.15) is 33.7 Å². The number of aryl methyl sites for hydroxylation is 1. The van der Waals surface area contributed by atoms with Gasteiger partial charge in [-0.05, 0) is 43.3 Å². The second-order valence-electron chi connectivity index (χ2n) is 7.09. The van der Waals surface area contributed by atoms with Crippen molar-refractivity contribution >= 4 is 33.4 Å². The van der Waals surface area contributed by atoms with Crippen LogP contribution in [0.2, 0.25) is 0 Å². The highest BCUT2D eigenvalue weighted by atomic mass is 79.9. The fourth-order valence-electron chi connectivity index (χ4n) is 3.31. The summed E-state index contributed by atoms with van der Waals surface area (Å²) < 4.78 is 19.2. The maximum atomic E-state index is 13.0. The number of hydrogen-bond acceptors (Lipinski definition) is 6. The summed E-state index contributed by atoms with van der Waals surface area (Å²) in [5.74, 6) is 0.659. The van der Waals surface area contributed by atoms with Gasteiger partial charge >= 0.3 is 0 Å². The van der Waals surface area contributed by atoms with Crippen LogP contribution in [0.25, 0.3) is 0 Å². The molecule has 168 valence electrons. The molecule has 1 aliphatic heterocycles. The van der Waals surface area contributed by atoms with E-state index in [9.17, 15) is 9.59 Å². The first-order valence-electron chi connectivity index (χ1n) is 10.3. The zero-order chi connectivity index (χ0) is 22.5. The second kappa shape index (κ2) is 10.0. The van der Waals surface area contributed by atoms with Crippen molar-refractivity contribution in [3.63, 3.8) is 0 Å². The highest BCUT2D eigenvalue weighted by Crippen LogP contribution is 2.21. The number of carbonyl (C=O) groups is 2. The fraction of sp³-hybridized carbons (Fsp3) is 0.318. The molecule has 4 rings (SSSR count). The van der Waals surface area contributed by atoms with E-state index < -0.39 is 5.91 Å². The molecule has 0 spiro atoms. The molecule has 0 aliphatic carbocycles. The van der Waals surface area contributed by atoms with Crippen molar-refractivity contribution < 1.29 is 23.5 Å². The van der Waals surface area contributed by atoms with Gasteiger partial charge in [-0.15, -0.1) is 0 Å². The summed E-state index contributed by atoms with van der Waals surface area (Å²) in [6, 6.07) is 10.7. The second-order valence-corrected chi connectivity index (χ2v) is 8.01. The van der Waals surface area contributed by atoms with Crippen molar-refractivity contribution in [2.24, 2.45) is 0 Å². The van der Waals surface area contributed by atoms with Crippen molar-refractivity contribution in [1.82, 2.24) is 14.7 Å². The highest BCUT2D eigenvalue weighted by molar-refractivity contribution is 9.10. The van der Waals surface area contributed by atoms with E-state index in [1.165, 1.54) is 6.20 Å². The molecule has 0 bridgehead atoms. The minimum Gasteiger partial charge on any atom is -0.486 e. The molecule has 1 N–H and O–H groups in total. The van der Waals surface area contributed by atoms with E-state index in [0.29, 0.717) is 55.7 Å². The molecule has 1 aromatic carbocycles. The normalized spacial score (nSPS) is 13.8. The Morgan fingerprint density at radius 3 is 2.62 bits per heavy atom. The van der Waals surface area contributed by atoms with Crippen molar-refractivity contribution in [2.45, 2.75) is 20.1 Å². The van der Waals surface area contributed by atoms with E-state index in [1.54, 1.807) is 21.7 Å². The first-order valence-corrected chi connectivity index (χ1v) is 11.1. The lowest BCUT2D eigenvalue weighted by Gasteiger charge is -2.27. The summed E-state index contributed by atoms with van der Waals surface area (Å²) >= 11 is 3.38. The first kappa shape index (κ1) is 22.1. The van der Waals surface area contributed by atoms with Crippen LogP contribution in [-0.2, 0) is 17.9 Å². The molecule has 1 aliphatic rings. The van der Waals surface area contributed by atoms with Crippen LogP contribution in [0.5, 0.6) is 5.75 Å². The van der Waals surface area contributed by atoms with Gasteiger partial charge in [0.2, 0.25) is 0 Å². The number of rotatable bonds is 7. The number of hydrogen-bond donors (Lipinski definition) is 1. The molecule has 9 nitrogen and oxygen atoms in total. The molecule has 0 saturated carbocycles. The molecule has 2 amide bonds. The summed E-state index contributed by atoms with van der Waals surface area (Å²) in [4.78, 5) is 27.5. The summed E-state index contributed by atoms with van der Waals surface area (Å²) in [5, 5.41) is 6.99. The van der Waals surface area contributed by atoms with E-state index in [0.717, 1.165) is 4.47 Å². The molecule has 1 saturated heterocycles. The molecule has 3 aromatic rings. The largest absolute Gasteiger partial charge is 0.486 e. The lowest BCUT2D eigenvalue weighted by molar-refractivity contribution is 0.0295. The number of benzene rings is 1. The standard InChI is InChI=1S/C22H23BrN4O5/c1-2-27-20(22(29)26-9-11-30-12-10-26)18(13-24-27)25-21(28)19-8-7-17(32-19)14-31-16-5-3-15(23)4-6-16/h3-8,13H,2,9-12,14H2,1H3,(H,25,28). The molecular weight excluding hydrogens is 480 g/mol. The van der Waals surface area contributed by atoms with Gasteiger partial charge in [0.1, 0.15) is 23.8 Å². The van der Waals surface area contributed by atoms with Gasteiger partial charge in [0, 0.05) is 24.1 Å². The Balaban J connectivity index is 1.43. The average molecular weight is 503 g/mol. The van der Waals surface area contributed by atoms with Gasteiger partial charge in [-0.25, -0.2) is 0 Å². The van der Waals surface area contributed by atoms with E-state index >= 15 is 0 Å². The maximum absolute atomic E-state index is 13.0. The van der Waals surface area contributed by atoms with Crippen LogP contribution in [0.3, 0.4) is 0 Å². The van der Waals surface area contributed by atoms with Crippen molar-refractivity contribution in [2.75, 3.05) is 31.6 Å². The number of anilines is 1. The van der Waals surface area contributed by atoms with Crippen molar-refractivity contribution in [1.29, 1.82) is 0 Å². The van der Waals surface area contributed by atoms with Crippen LogP contribution in [0, 0.1) is 0 Å². The Labute approximate surface area is 193 Å². The summed E-state index contributed by atoms with van der Waals surface area (Å²) in [5.41, 5.74) is 0.686. The smallest absolute Gasteiger partial charge is 0.291 e. The van der Waals surface area contributed by atoms with Gasteiger partial charge in [-0.2, -0.15) is 5.10 Å². The molecule has 10 heteroatoms. The predicted molar refractivity (Wildman–Crippen MR) is 120 cm³/mol. The number of halogens is 1. The topological polar surface area (TPSA) is 98.8 Å². The highest BCUT2D eigenvalue weighted by Gasteiger charge is 2.26. The lowest BCUT2D eigenvalue weighted by Crippen LogP contribution is -2.41. The number of nitrogens with one attached hydrogen (secondary N) is 1. The number of furan rings is 1. The van der Waals surface area contributed by atoms with Gasteiger partial charge in [-0.1, -0.05) is 15.9 Å². The Kier molecular flexibility index (Phi) is 6.91. The fourth-order valence-corrected chi connectivity index (χ4v) is 3.57. The van der Waals surface area contributed by atoms with Gasteiger partial charge in [0.05, 0.1) is 25.1 Å². The number of aromatic nitrogens is 2. The summed E-state index contributed by atoms with van der Waals surface area (Å²) in [6.45, 7) is 4.56. The molecule has 0 unspecified atom stereocenters.